The second-order valence-corrected chi connectivity index (χ2v) is 9.44. The molecule has 3 amide bonds. The van der Waals surface area contributed by atoms with Gasteiger partial charge in [0.05, 0.1) is 6.67 Å². The van der Waals surface area contributed by atoms with E-state index in [1.165, 1.54) is 4.90 Å². The summed E-state index contributed by atoms with van der Waals surface area (Å²) in [7, 11) is 3.39. The molecule has 2 aliphatic rings. The number of piperidine rings is 1. The highest BCUT2D eigenvalue weighted by molar-refractivity contribution is 9.10. The monoisotopic (exact) mass is 498 g/mol. The van der Waals surface area contributed by atoms with Crippen LogP contribution in [0.15, 0.2) is 59.1 Å². The number of carbonyl (C=O) groups is 3. The first-order valence-electron chi connectivity index (χ1n) is 10.7. The fourth-order valence-corrected chi connectivity index (χ4v) is 4.75. The molecule has 8 heteroatoms. The van der Waals surface area contributed by atoms with E-state index in [1.54, 1.807) is 19.0 Å². The van der Waals surface area contributed by atoms with Crippen LogP contribution in [0, 0.1) is 0 Å². The molecule has 32 heavy (non-hydrogen) atoms. The lowest BCUT2D eigenvalue weighted by molar-refractivity contribution is -0.139. The minimum Gasteiger partial charge on any atom is -0.347 e. The molecule has 168 valence electrons. The Kier molecular flexibility index (Phi) is 6.24. The lowest BCUT2D eigenvalue weighted by Crippen LogP contribution is -2.57. The van der Waals surface area contributed by atoms with Gasteiger partial charge in [0.2, 0.25) is 5.91 Å². The van der Waals surface area contributed by atoms with Crippen LogP contribution in [-0.2, 0) is 9.59 Å². The van der Waals surface area contributed by atoms with Gasteiger partial charge in [0, 0.05) is 42.9 Å². The molecular weight excluding hydrogens is 472 g/mol. The predicted octanol–water partition coefficient (Wildman–Crippen LogP) is 2.82. The number of nitrogens with zero attached hydrogens (tertiary/aromatic N) is 4. The normalized spacial score (nSPS) is 17.7. The summed E-state index contributed by atoms with van der Waals surface area (Å²) in [5, 5.41) is 0. The molecule has 0 bridgehead atoms. The van der Waals surface area contributed by atoms with Crippen molar-refractivity contribution in [1.82, 2.24) is 14.7 Å². The SMILES string of the molecule is CN(C)C(=O)CN1CN(c2ccccc2)C2(CCN(C(=O)c3ccc(Br)cc3)CC2)C1=O. The van der Waals surface area contributed by atoms with Gasteiger partial charge < -0.3 is 19.6 Å². The van der Waals surface area contributed by atoms with Gasteiger partial charge in [0.25, 0.3) is 11.8 Å². The molecule has 0 atom stereocenters. The maximum Gasteiger partial charge on any atom is 0.253 e. The molecule has 2 aromatic rings. The van der Waals surface area contributed by atoms with Crippen molar-refractivity contribution in [2.45, 2.75) is 18.4 Å². The van der Waals surface area contributed by atoms with Gasteiger partial charge in [-0.05, 0) is 49.2 Å². The first-order valence-corrected chi connectivity index (χ1v) is 11.5. The molecular formula is C24H27BrN4O3. The Balaban J connectivity index is 1.56. The van der Waals surface area contributed by atoms with Gasteiger partial charge in [-0.15, -0.1) is 0 Å². The number of hydrogen-bond donors (Lipinski definition) is 0. The van der Waals surface area contributed by atoms with E-state index in [1.807, 2.05) is 59.5 Å². The smallest absolute Gasteiger partial charge is 0.253 e. The molecule has 4 rings (SSSR count). The molecule has 0 unspecified atom stereocenters. The van der Waals surface area contributed by atoms with E-state index in [9.17, 15) is 14.4 Å². The van der Waals surface area contributed by atoms with Crippen molar-refractivity contribution in [3.63, 3.8) is 0 Å². The minimum atomic E-state index is -0.746. The number of benzene rings is 2. The Hall–Kier alpha value is -2.87. The van der Waals surface area contributed by atoms with E-state index in [0.717, 1.165) is 10.2 Å². The summed E-state index contributed by atoms with van der Waals surface area (Å²) in [5.41, 5.74) is 0.845. The van der Waals surface area contributed by atoms with Crippen molar-refractivity contribution in [3.8, 4) is 0 Å². The highest BCUT2D eigenvalue weighted by atomic mass is 79.9. The Morgan fingerprint density at radius 2 is 1.62 bits per heavy atom. The van der Waals surface area contributed by atoms with Crippen LogP contribution < -0.4 is 4.90 Å². The van der Waals surface area contributed by atoms with Gasteiger partial charge in [-0.3, -0.25) is 14.4 Å². The second kappa shape index (κ2) is 8.94. The molecule has 2 heterocycles. The Morgan fingerprint density at radius 3 is 2.22 bits per heavy atom. The van der Waals surface area contributed by atoms with Gasteiger partial charge in [-0.25, -0.2) is 0 Å². The van der Waals surface area contributed by atoms with Crippen molar-refractivity contribution >= 4 is 39.3 Å². The van der Waals surface area contributed by atoms with Crippen molar-refractivity contribution in [3.05, 3.63) is 64.6 Å². The van der Waals surface area contributed by atoms with E-state index in [-0.39, 0.29) is 24.3 Å². The molecule has 0 aliphatic carbocycles. The van der Waals surface area contributed by atoms with Gasteiger partial charge >= 0.3 is 0 Å². The largest absolute Gasteiger partial charge is 0.347 e. The molecule has 0 radical (unpaired) electrons. The van der Waals surface area contributed by atoms with Gasteiger partial charge in [0.1, 0.15) is 12.1 Å². The lowest BCUT2D eigenvalue weighted by Gasteiger charge is -2.43. The van der Waals surface area contributed by atoms with Gasteiger partial charge in [-0.2, -0.15) is 0 Å². The maximum absolute atomic E-state index is 13.6. The molecule has 0 aromatic heterocycles. The first kappa shape index (κ1) is 22.3. The van der Waals surface area contributed by atoms with Gasteiger partial charge in [-0.1, -0.05) is 34.1 Å². The molecule has 2 fully saturated rings. The molecule has 1 spiro atoms. The number of amides is 3. The predicted molar refractivity (Wildman–Crippen MR) is 126 cm³/mol. The number of carbonyl (C=O) groups excluding carboxylic acids is 3. The van der Waals surface area contributed by atoms with Crippen molar-refractivity contribution in [2.24, 2.45) is 0 Å². The molecule has 2 aromatic carbocycles. The number of rotatable bonds is 4. The van der Waals surface area contributed by atoms with Gasteiger partial charge in [0.15, 0.2) is 0 Å². The number of para-hydroxylation sites is 1. The summed E-state index contributed by atoms with van der Waals surface area (Å²) in [6, 6.07) is 17.2. The number of hydrogen-bond acceptors (Lipinski definition) is 4. The zero-order valence-corrected chi connectivity index (χ0v) is 19.9. The standard InChI is InChI=1S/C24H27BrN4O3/c1-26(2)21(30)16-28-17-29(20-6-4-3-5-7-20)24(23(28)32)12-14-27(15-13-24)22(31)18-8-10-19(25)11-9-18/h3-11H,12-17H2,1-2H3. The Morgan fingerprint density at radius 1 is 1.00 bits per heavy atom. The summed E-state index contributed by atoms with van der Waals surface area (Å²) in [6.07, 6.45) is 1.05. The van der Waals surface area contributed by atoms with E-state index in [4.69, 9.17) is 0 Å². The molecule has 2 saturated heterocycles. The third-order valence-electron chi connectivity index (χ3n) is 6.38. The van der Waals surface area contributed by atoms with Crippen LogP contribution in [0.3, 0.4) is 0 Å². The Labute approximate surface area is 196 Å². The number of halogens is 1. The molecule has 7 nitrogen and oxygen atoms in total. The zero-order valence-electron chi connectivity index (χ0n) is 18.3. The topological polar surface area (TPSA) is 64.2 Å². The van der Waals surface area contributed by atoms with Crippen LogP contribution in [0.1, 0.15) is 23.2 Å². The summed E-state index contributed by atoms with van der Waals surface area (Å²) in [5.74, 6) is -0.165. The molecule has 2 aliphatic heterocycles. The summed E-state index contributed by atoms with van der Waals surface area (Å²) >= 11 is 3.40. The third kappa shape index (κ3) is 4.11. The first-order chi connectivity index (χ1) is 15.3. The lowest BCUT2D eigenvalue weighted by atomic mass is 9.85. The van der Waals surface area contributed by atoms with E-state index in [2.05, 4.69) is 20.8 Å². The van der Waals surface area contributed by atoms with E-state index >= 15 is 0 Å². The summed E-state index contributed by atoms with van der Waals surface area (Å²) < 4.78 is 0.925. The molecule has 0 N–H and O–H groups in total. The second-order valence-electron chi connectivity index (χ2n) is 8.53. The van der Waals surface area contributed by atoms with Crippen molar-refractivity contribution in [1.29, 1.82) is 0 Å². The van der Waals surface area contributed by atoms with Crippen molar-refractivity contribution < 1.29 is 14.4 Å². The average molecular weight is 499 g/mol. The zero-order chi connectivity index (χ0) is 22.9. The third-order valence-corrected chi connectivity index (χ3v) is 6.90. The van der Waals surface area contributed by atoms with Crippen LogP contribution in [-0.4, -0.2) is 78.4 Å². The van der Waals surface area contributed by atoms with Crippen LogP contribution >= 0.6 is 15.9 Å². The summed E-state index contributed by atoms with van der Waals surface area (Å²) in [4.78, 5) is 46.0. The minimum absolute atomic E-state index is 0.0244. The quantitative estimate of drug-likeness (QED) is 0.649. The fraction of sp³-hybridized carbons (Fsp3) is 0.375. The highest BCUT2D eigenvalue weighted by Gasteiger charge is 2.54. The van der Waals surface area contributed by atoms with Crippen LogP contribution in [0.25, 0.3) is 0 Å². The Bertz CT molecular complexity index is 1000. The average Bonchev–Trinajstić information content (AvgIpc) is 3.06. The van der Waals surface area contributed by atoms with Crippen LogP contribution in [0.2, 0.25) is 0 Å². The highest BCUT2D eigenvalue weighted by Crippen LogP contribution is 2.39. The fourth-order valence-electron chi connectivity index (χ4n) is 4.48. The number of anilines is 1. The van der Waals surface area contributed by atoms with Crippen LogP contribution in [0.4, 0.5) is 5.69 Å². The molecule has 0 saturated carbocycles. The van der Waals surface area contributed by atoms with E-state index in [0.29, 0.717) is 38.2 Å². The van der Waals surface area contributed by atoms with Crippen LogP contribution in [0.5, 0.6) is 0 Å². The summed E-state index contributed by atoms with van der Waals surface area (Å²) in [6.45, 7) is 1.39. The number of likely N-dealkylation sites (tertiary alicyclic amines) is 1. The van der Waals surface area contributed by atoms with Crippen molar-refractivity contribution in [2.75, 3.05) is 45.3 Å². The number of likely N-dealkylation sites (N-methyl/N-ethyl adjacent to an activating group) is 1. The van der Waals surface area contributed by atoms with E-state index < -0.39 is 5.54 Å². The maximum atomic E-state index is 13.6.